The van der Waals surface area contributed by atoms with Crippen LogP contribution in [-0.4, -0.2) is 55.8 Å². The van der Waals surface area contributed by atoms with Crippen molar-refractivity contribution in [3.8, 4) is 23.0 Å². The molecule has 3 unspecified atom stereocenters. The Balaban J connectivity index is 1.54. The lowest BCUT2D eigenvalue weighted by molar-refractivity contribution is -0.122. The van der Waals surface area contributed by atoms with Crippen molar-refractivity contribution < 1.29 is 35.9 Å². The van der Waals surface area contributed by atoms with E-state index < -0.39 is 57.2 Å². The lowest BCUT2D eigenvalue weighted by Crippen LogP contribution is -2.35. The predicted octanol–water partition coefficient (Wildman–Crippen LogP) is 6.30. The van der Waals surface area contributed by atoms with Gasteiger partial charge in [0.25, 0.3) is 6.43 Å². The summed E-state index contributed by atoms with van der Waals surface area (Å²) in [6, 6.07) is 7.72. The van der Waals surface area contributed by atoms with E-state index in [2.05, 4.69) is 26.8 Å². The number of alkyl halides is 2. The molecular formula is C38H36ClF4N7O4S. The van der Waals surface area contributed by atoms with E-state index in [1.54, 1.807) is 25.2 Å². The van der Waals surface area contributed by atoms with Crippen molar-refractivity contribution in [2.75, 3.05) is 11.0 Å². The van der Waals surface area contributed by atoms with Crippen molar-refractivity contribution in [1.29, 1.82) is 0 Å². The van der Waals surface area contributed by atoms with Gasteiger partial charge in [-0.2, -0.15) is 10.2 Å². The molecule has 1 saturated carbocycles. The van der Waals surface area contributed by atoms with E-state index in [0.29, 0.717) is 53.2 Å². The Labute approximate surface area is 318 Å². The SMILES string of the molecule is Cn1nc(NS(C)(=O)=O)c2c(Cl)ccc(-c3ccc(C#CC(C)(C)O)nc3[C@@H](Cc3cc(F)cc(F)c3)C(C(N)=O)n3nc(C(F)F)c4c3C3CC3CC4)c21. The molecule has 11 nitrogen and oxygen atoms in total. The number of pyridine rings is 1. The Hall–Kier alpha value is -4.98. The second-order valence-corrected chi connectivity index (χ2v) is 16.8. The van der Waals surface area contributed by atoms with Crippen molar-refractivity contribution in [2.24, 2.45) is 18.7 Å². The van der Waals surface area contributed by atoms with E-state index in [4.69, 9.17) is 22.3 Å². The van der Waals surface area contributed by atoms with Crippen molar-refractivity contribution in [1.82, 2.24) is 24.5 Å². The summed E-state index contributed by atoms with van der Waals surface area (Å²) in [7, 11) is -2.24. The maximum Gasteiger partial charge on any atom is 0.282 e. The number of anilines is 1. The van der Waals surface area contributed by atoms with Crippen LogP contribution >= 0.6 is 11.6 Å². The summed E-state index contributed by atoms with van der Waals surface area (Å²) in [5.74, 6) is 1.60. The Morgan fingerprint density at radius 2 is 1.80 bits per heavy atom. The fourth-order valence-corrected chi connectivity index (χ4v) is 8.45. The number of nitrogens with zero attached hydrogens (tertiary/aromatic N) is 5. The zero-order valence-electron chi connectivity index (χ0n) is 30.0. The Morgan fingerprint density at radius 3 is 2.44 bits per heavy atom. The zero-order valence-corrected chi connectivity index (χ0v) is 31.6. The van der Waals surface area contributed by atoms with Crippen molar-refractivity contribution in [3.05, 3.63) is 93.0 Å². The molecule has 0 saturated heterocycles. The van der Waals surface area contributed by atoms with Crippen LogP contribution in [0.4, 0.5) is 23.4 Å². The molecule has 3 heterocycles. The lowest BCUT2D eigenvalue weighted by Gasteiger charge is -2.29. The minimum absolute atomic E-state index is 0.0579. The Bertz CT molecular complexity index is 2540. The number of nitrogens with two attached hydrogens (primary N) is 1. The van der Waals surface area contributed by atoms with Crippen molar-refractivity contribution >= 4 is 44.3 Å². The van der Waals surface area contributed by atoms with E-state index in [9.17, 15) is 35.9 Å². The molecule has 2 aromatic carbocycles. The number of aromatic nitrogens is 5. The molecule has 2 aliphatic carbocycles. The monoisotopic (exact) mass is 797 g/mol. The molecule has 1 fully saturated rings. The number of hydrogen-bond donors (Lipinski definition) is 3. The smallest absolute Gasteiger partial charge is 0.282 e. The molecule has 7 rings (SSSR count). The molecule has 0 bridgehead atoms. The van der Waals surface area contributed by atoms with Gasteiger partial charge >= 0.3 is 0 Å². The van der Waals surface area contributed by atoms with Crippen molar-refractivity contribution in [3.63, 3.8) is 0 Å². The van der Waals surface area contributed by atoms with Gasteiger partial charge in [0.1, 0.15) is 34.7 Å². The van der Waals surface area contributed by atoms with Gasteiger partial charge in [-0.25, -0.2) is 31.0 Å². The molecule has 288 valence electrons. The number of aryl methyl sites for hydroxylation is 1. The summed E-state index contributed by atoms with van der Waals surface area (Å²) < 4.78 is 88.4. The first-order chi connectivity index (χ1) is 25.8. The molecular weight excluding hydrogens is 762 g/mol. The van der Waals surface area contributed by atoms with Gasteiger partial charge in [0.05, 0.1) is 27.9 Å². The van der Waals surface area contributed by atoms with Gasteiger partial charge in [-0.3, -0.25) is 18.9 Å². The first-order valence-electron chi connectivity index (χ1n) is 17.3. The molecule has 3 aromatic heterocycles. The predicted molar refractivity (Wildman–Crippen MR) is 198 cm³/mol. The molecule has 0 radical (unpaired) electrons. The van der Waals surface area contributed by atoms with Gasteiger partial charge < -0.3 is 10.8 Å². The minimum Gasteiger partial charge on any atom is -0.378 e. The van der Waals surface area contributed by atoms with Crippen LogP contribution in [0.2, 0.25) is 5.02 Å². The fourth-order valence-electron chi connectivity index (χ4n) is 7.71. The third-order valence-electron chi connectivity index (χ3n) is 9.92. The number of hydrogen-bond acceptors (Lipinski definition) is 7. The number of amides is 1. The van der Waals surface area contributed by atoms with Crippen LogP contribution < -0.4 is 10.5 Å². The standard InChI is InChI=1S/C38H36ClF4N7O4S/c1-38(2,52)12-11-22-6-8-23(24-9-10-28(39)29-33(24)49(3)47-37(29)48-55(4,53)54)30(45-22)27(15-18-13-20(40)17-21(41)14-18)34(36(44)51)50-32-25(31(46-50)35(42)43)7-5-19-16-26(19)32/h6,8-10,13-14,17,19,26-27,34-35,52H,5,7,15-16H2,1-4H3,(H2,44,51)(H,47,48)/t19?,26?,27-,34?/m1/s1. The number of fused-ring (bicyclic) bond motifs is 4. The number of halogens is 5. The fraction of sp³-hybridized carbons (Fsp3) is 0.368. The Morgan fingerprint density at radius 1 is 1.11 bits per heavy atom. The van der Waals surface area contributed by atoms with Crippen LogP contribution in [0.5, 0.6) is 0 Å². The first kappa shape index (κ1) is 38.3. The highest BCUT2D eigenvalue weighted by atomic mass is 35.5. The van der Waals surface area contributed by atoms with E-state index in [0.717, 1.165) is 18.4 Å². The molecule has 17 heteroatoms. The topological polar surface area (TPSA) is 158 Å². The number of sulfonamides is 1. The number of rotatable bonds is 10. The van der Waals surface area contributed by atoms with Gasteiger partial charge in [-0.1, -0.05) is 23.6 Å². The summed E-state index contributed by atoms with van der Waals surface area (Å²) in [5, 5.41) is 19.5. The second kappa shape index (κ2) is 13.9. The number of benzene rings is 2. The van der Waals surface area contributed by atoms with E-state index in [-0.39, 0.29) is 51.4 Å². The maximum absolute atomic E-state index is 14.8. The summed E-state index contributed by atoms with van der Waals surface area (Å²) >= 11 is 6.65. The molecule has 2 aliphatic rings. The minimum atomic E-state index is -3.81. The van der Waals surface area contributed by atoms with Gasteiger partial charge in [0.2, 0.25) is 15.9 Å². The normalized spacial score (nSPS) is 17.7. The molecule has 4 atom stereocenters. The van der Waals surface area contributed by atoms with Crippen LogP contribution in [0.15, 0.2) is 42.5 Å². The van der Waals surface area contributed by atoms with E-state index >= 15 is 0 Å². The molecule has 0 aliphatic heterocycles. The molecule has 5 aromatic rings. The van der Waals surface area contributed by atoms with E-state index in [1.807, 2.05) is 0 Å². The zero-order chi connectivity index (χ0) is 39.7. The Kier molecular flexibility index (Phi) is 9.71. The van der Waals surface area contributed by atoms with Crippen LogP contribution in [0.1, 0.15) is 84.9 Å². The lowest BCUT2D eigenvalue weighted by atomic mass is 9.83. The van der Waals surface area contributed by atoms with Gasteiger partial charge in [-0.15, -0.1) is 0 Å². The summed E-state index contributed by atoms with van der Waals surface area (Å²) in [5.41, 5.74) is 6.58. The van der Waals surface area contributed by atoms with Crippen LogP contribution in [0.25, 0.3) is 22.0 Å². The van der Waals surface area contributed by atoms with Gasteiger partial charge in [0, 0.05) is 47.3 Å². The highest BCUT2D eigenvalue weighted by Gasteiger charge is 2.49. The molecule has 4 N–H and O–H groups in total. The van der Waals surface area contributed by atoms with Crippen LogP contribution in [0.3, 0.4) is 0 Å². The molecule has 0 spiro atoms. The van der Waals surface area contributed by atoms with Gasteiger partial charge in [0.15, 0.2) is 5.82 Å². The quantitative estimate of drug-likeness (QED) is 0.111. The third kappa shape index (κ3) is 7.65. The highest BCUT2D eigenvalue weighted by molar-refractivity contribution is 7.92. The number of carbonyl (C=O) groups excluding carboxylic acids is 1. The summed E-state index contributed by atoms with van der Waals surface area (Å²) in [6.07, 6.45) is -0.532. The highest BCUT2D eigenvalue weighted by Crippen LogP contribution is 2.57. The third-order valence-corrected chi connectivity index (χ3v) is 10.8. The maximum atomic E-state index is 14.8. The van der Waals surface area contributed by atoms with E-state index in [1.165, 1.54) is 29.3 Å². The van der Waals surface area contributed by atoms with Crippen LogP contribution in [0, 0.1) is 29.4 Å². The van der Waals surface area contributed by atoms with Crippen LogP contribution in [-0.2, 0) is 34.7 Å². The summed E-state index contributed by atoms with van der Waals surface area (Å²) in [6.45, 7) is 2.95. The molecule has 55 heavy (non-hydrogen) atoms. The first-order valence-corrected chi connectivity index (χ1v) is 19.6. The largest absolute Gasteiger partial charge is 0.378 e. The van der Waals surface area contributed by atoms with Crippen molar-refractivity contribution in [2.45, 2.75) is 69.4 Å². The average Bonchev–Trinajstić information content (AvgIpc) is 3.66. The molecule has 1 amide bonds. The number of aliphatic hydroxyl groups is 1. The average molecular weight is 798 g/mol. The summed E-state index contributed by atoms with van der Waals surface area (Å²) in [4.78, 5) is 18.8. The number of carbonyl (C=O) groups is 1. The second-order valence-electron chi connectivity index (χ2n) is 14.7. The number of nitrogens with one attached hydrogen (secondary N) is 1. The van der Waals surface area contributed by atoms with Gasteiger partial charge in [-0.05, 0) is 87.3 Å². The number of primary amides is 1.